The first-order valence-corrected chi connectivity index (χ1v) is 11.1. The highest BCUT2D eigenvalue weighted by molar-refractivity contribution is 6.30. The third kappa shape index (κ3) is 3.74. The van der Waals surface area contributed by atoms with Gasteiger partial charge in [0, 0.05) is 51.7 Å². The number of aromatic nitrogens is 2. The van der Waals surface area contributed by atoms with Crippen LogP contribution in [0, 0.1) is 0 Å². The summed E-state index contributed by atoms with van der Waals surface area (Å²) in [6.45, 7) is 3.89. The fourth-order valence-electron chi connectivity index (χ4n) is 4.52. The van der Waals surface area contributed by atoms with Crippen LogP contribution in [0.4, 0.5) is 5.69 Å². The highest BCUT2D eigenvalue weighted by Gasteiger charge is 2.33. The largest absolute Gasteiger partial charge is 0.360 e. The van der Waals surface area contributed by atoms with Crippen molar-refractivity contribution in [2.24, 2.45) is 0 Å². The Labute approximate surface area is 192 Å². The minimum absolute atomic E-state index is 0.00231. The highest BCUT2D eigenvalue weighted by Crippen LogP contribution is 2.36. The first-order valence-electron chi connectivity index (χ1n) is 10.7. The number of hydrogen-bond donors (Lipinski definition) is 1. The summed E-state index contributed by atoms with van der Waals surface area (Å²) >= 11 is 6.09. The predicted molar refractivity (Wildman–Crippen MR) is 129 cm³/mol. The van der Waals surface area contributed by atoms with Gasteiger partial charge in [-0.05, 0) is 43.3 Å². The van der Waals surface area contributed by atoms with Crippen molar-refractivity contribution in [3.8, 4) is 11.3 Å². The van der Waals surface area contributed by atoms with Crippen molar-refractivity contribution in [1.29, 1.82) is 0 Å². The van der Waals surface area contributed by atoms with Crippen LogP contribution in [0.2, 0.25) is 5.02 Å². The molecule has 0 saturated carbocycles. The van der Waals surface area contributed by atoms with E-state index < -0.39 is 0 Å². The van der Waals surface area contributed by atoms with Crippen molar-refractivity contribution in [3.63, 3.8) is 0 Å². The third-order valence-electron chi connectivity index (χ3n) is 6.10. The van der Waals surface area contributed by atoms with Crippen molar-refractivity contribution in [2.75, 3.05) is 18.0 Å². The lowest BCUT2D eigenvalue weighted by Crippen LogP contribution is -2.52. The summed E-state index contributed by atoms with van der Waals surface area (Å²) in [5.41, 5.74) is 4.52. The van der Waals surface area contributed by atoms with E-state index in [0.717, 1.165) is 52.8 Å². The van der Waals surface area contributed by atoms with Crippen LogP contribution in [0.25, 0.3) is 22.0 Å². The van der Waals surface area contributed by atoms with Gasteiger partial charge in [-0.3, -0.25) is 4.79 Å². The van der Waals surface area contributed by atoms with E-state index in [4.69, 9.17) is 16.7 Å². The molecule has 0 bridgehead atoms. The number of rotatable bonds is 4. The average Bonchev–Trinajstić information content (AvgIpc) is 2.84. The summed E-state index contributed by atoms with van der Waals surface area (Å²) in [5, 5.41) is 15.9. The first-order chi connectivity index (χ1) is 15.7. The number of halogens is 1. The second-order valence-corrected chi connectivity index (χ2v) is 8.51. The van der Waals surface area contributed by atoms with Crippen molar-refractivity contribution < 1.29 is 4.79 Å². The lowest BCUT2D eigenvalue weighted by molar-refractivity contribution is 0.112. The Bertz CT molecular complexity index is 1260. The minimum atomic E-state index is 0.00231. The molecule has 6 heteroatoms. The summed E-state index contributed by atoms with van der Waals surface area (Å²) in [6, 6.07) is 23.9. The molecule has 0 aliphatic carbocycles. The topological polar surface area (TPSA) is 58.1 Å². The second-order valence-electron chi connectivity index (χ2n) is 8.08. The van der Waals surface area contributed by atoms with E-state index in [-0.39, 0.29) is 12.1 Å². The number of anilines is 1. The fourth-order valence-corrected chi connectivity index (χ4v) is 4.64. The number of nitrogens with zero attached hydrogens (tertiary/aromatic N) is 3. The molecule has 1 fully saturated rings. The van der Waals surface area contributed by atoms with E-state index in [1.54, 1.807) is 0 Å². The van der Waals surface area contributed by atoms with Crippen LogP contribution in [0.1, 0.15) is 29.0 Å². The van der Waals surface area contributed by atoms with Gasteiger partial charge in [0.1, 0.15) is 12.0 Å². The first kappa shape index (κ1) is 20.6. The number of benzene rings is 3. The van der Waals surface area contributed by atoms with E-state index >= 15 is 0 Å². The standard InChI is InChI=1S/C26H23ClN4O/c1-17-26(31(15-14-28-17)21-12-6-18(16-32)7-13-21)25-23-5-3-2-4-22(23)24(29-30-25)19-8-10-20(27)11-9-19/h2-13,16-17,26,28H,14-15H2,1H3. The van der Waals surface area contributed by atoms with Gasteiger partial charge < -0.3 is 10.2 Å². The Balaban J connectivity index is 1.64. The molecule has 1 aromatic heterocycles. The van der Waals surface area contributed by atoms with Crippen LogP contribution in [-0.2, 0) is 0 Å². The molecular formula is C26H23ClN4O. The smallest absolute Gasteiger partial charge is 0.150 e. The number of carbonyl (C=O) groups excluding carboxylic acids is 1. The third-order valence-corrected chi connectivity index (χ3v) is 6.35. The van der Waals surface area contributed by atoms with Gasteiger partial charge in [-0.2, -0.15) is 5.10 Å². The molecular weight excluding hydrogens is 420 g/mol. The van der Waals surface area contributed by atoms with Crippen LogP contribution >= 0.6 is 11.6 Å². The van der Waals surface area contributed by atoms with Crippen molar-refractivity contribution >= 4 is 34.3 Å². The van der Waals surface area contributed by atoms with Crippen LogP contribution in [-0.4, -0.2) is 35.6 Å². The van der Waals surface area contributed by atoms with E-state index in [0.29, 0.717) is 10.6 Å². The molecule has 1 N–H and O–H groups in total. The lowest BCUT2D eigenvalue weighted by Gasteiger charge is -2.42. The van der Waals surface area contributed by atoms with Gasteiger partial charge >= 0.3 is 0 Å². The van der Waals surface area contributed by atoms with Crippen LogP contribution in [0.3, 0.4) is 0 Å². The minimum Gasteiger partial charge on any atom is -0.360 e. The molecule has 160 valence electrons. The summed E-state index contributed by atoms with van der Waals surface area (Å²) < 4.78 is 0. The maximum atomic E-state index is 11.1. The molecule has 0 amide bonds. The van der Waals surface area contributed by atoms with Crippen molar-refractivity contribution in [1.82, 2.24) is 15.5 Å². The van der Waals surface area contributed by atoms with Gasteiger partial charge in [-0.15, -0.1) is 5.10 Å². The van der Waals surface area contributed by atoms with Crippen LogP contribution in [0.5, 0.6) is 0 Å². The maximum absolute atomic E-state index is 11.1. The molecule has 1 saturated heterocycles. The quantitative estimate of drug-likeness (QED) is 0.434. The van der Waals surface area contributed by atoms with E-state index in [2.05, 4.69) is 34.4 Å². The summed E-state index contributed by atoms with van der Waals surface area (Å²) in [5.74, 6) is 0. The molecule has 2 heterocycles. The molecule has 2 atom stereocenters. The summed E-state index contributed by atoms with van der Waals surface area (Å²) in [7, 11) is 0. The molecule has 1 aliphatic heterocycles. The lowest BCUT2D eigenvalue weighted by atomic mass is 9.94. The number of nitrogens with one attached hydrogen (secondary N) is 1. The zero-order chi connectivity index (χ0) is 22.1. The SMILES string of the molecule is CC1NCCN(c2ccc(C=O)cc2)C1c1nnc(-c2ccc(Cl)cc2)c2ccccc12. The Morgan fingerprint density at radius 1 is 0.969 bits per heavy atom. The van der Waals surface area contributed by atoms with Crippen molar-refractivity contribution in [3.05, 3.63) is 89.1 Å². The Hall–Kier alpha value is -3.28. The Kier molecular flexibility index (Phi) is 5.60. The van der Waals surface area contributed by atoms with Gasteiger partial charge in [0.15, 0.2) is 0 Å². The molecule has 1 aliphatic rings. The van der Waals surface area contributed by atoms with Gasteiger partial charge in [-0.25, -0.2) is 0 Å². The molecule has 3 aromatic carbocycles. The second kappa shape index (κ2) is 8.69. The molecule has 0 spiro atoms. The van der Waals surface area contributed by atoms with Crippen LogP contribution in [0.15, 0.2) is 72.8 Å². The zero-order valence-corrected chi connectivity index (χ0v) is 18.5. The highest BCUT2D eigenvalue weighted by atomic mass is 35.5. The van der Waals surface area contributed by atoms with Gasteiger partial charge in [0.25, 0.3) is 0 Å². The van der Waals surface area contributed by atoms with E-state index in [1.165, 1.54) is 0 Å². The van der Waals surface area contributed by atoms with Crippen LogP contribution < -0.4 is 10.2 Å². The maximum Gasteiger partial charge on any atom is 0.150 e. The number of aldehydes is 1. The number of hydrogen-bond acceptors (Lipinski definition) is 5. The summed E-state index contributed by atoms with van der Waals surface area (Å²) in [4.78, 5) is 13.5. The number of fused-ring (bicyclic) bond motifs is 1. The Morgan fingerprint density at radius 3 is 2.41 bits per heavy atom. The monoisotopic (exact) mass is 442 g/mol. The fraction of sp³-hybridized carbons (Fsp3) is 0.192. The zero-order valence-electron chi connectivity index (χ0n) is 17.7. The van der Waals surface area contributed by atoms with Gasteiger partial charge in [0.2, 0.25) is 0 Å². The average molecular weight is 443 g/mol. The molecule has 2 unspecified atom stereocenters. The van der Waals surface area contributed by atoms with E-state index in [9.17, 15) is 4.79 Å². The molecule has 32 heavy (non-hydrogen) atoms. The predicted octanol–water partition coefficient (Wildman–Crippen LogP) is 5.30. The Morgan fingerprint density at radius 2 is 1.69 bits per heavy atom. The number of piperazine rings is 1. The summed E-state index contributed by atoms with van der Waals surface area (Å²) in [6.07, 6.45) is 0.871. The van der Waals surface area contributed by atoms with E-state index in [1.807, 2.05) is 60.7 Å². The van der Waals surface area contributed by atoms with Crippen molar-refractivity contribution in [2.45, 2.75) is 19.0 Å². The molecule has 0 radical (unpaired) electrons. The van der Waals surface area contributed by atoms with Gasteiger partial charge in [0.05, 0.1) is 11.7 Å². The number of carbonyl (C=O) groups is 1. The molecule has 5 rings (SSSR count). The molecule has 4 aromatic rings. The van der Waals surface area contributed by atoms with Gasteiger partial charge in [-0.1, -0.05) is 48.0 Å². The molecule has 5 nitrogen and oxygen atoms in total. The normalized spacial score (nSPS) is 18.6.